The Morgan fingerprint density at radius 2 is 2.58 bits per heavy atom. The molecule has 66 valence electrons. The quantitative estimate of drug-likeness (QED) is 0.586. The van der Waals surface area contributed by atoms with Gasteiger partial charge in [-0.3, -0.25) is 9.89 Å². The van der Waals surface area contributed by atoms with Gasteiger partial charge in [0.1, 0.15) is 12.8 Å². The van der Waals surface area contributed by atoms with E-state index in [1.165, 1.54) is 0 Å². The molecule has 0 spiro atoms. The lowest BCUT2D eigenvalue weighted by Gasteiger charge is -2.23. The molecule has 0 N–H and O–H groups in total. The Morgan fingerprint density at radius 3 is 3.17 bits per heavy atom. The Hall–Kier alpha value is -1.06. The Labute approximate surface area is 71.2 Å². The van der Waals surface area contributed by atoms with Gasteiger partial charge in [-0.1, -0.05) is 0 Å². The van der Waals surface area contributed by atoms with Crippen LogP contribution in [0.3, 0.4) is 0 Å². The minimum absolute atomic E-state index is 0.0498. The molecule has 4 nitrogen and oxygen atoms in total. The Bertz CT molecular complexity index is 215. The summed E-state index contributed by atoms with van der Waals surface area (Å²) in [6, 6.07) is 0. The summed E-state index contributed by atoms with van der Waals surface area (Å²) < 4.78 is 4.83. The van der Waals surface area contributed by atoms with Crippen molar-refractivity contribution in [3.05, 3.63) is 0 Å². The van der Waals surface area contributed by atoms with Gasteiger partial charge in [0, 0.05) is 6.21 Å². The molecule has 2 aliphatic heterocycles. The van der Waals surface area contributed by atoms with Gasteiger partial charge in [0.2, 0.25) is 0 Å². The summed E-state index contributed by atoms with van der Waals surface area (Å²) in [5.41, 5.74) is 0. The van der Waals surface area contributed by atoms with Crippen molar-refractivity contribution in [1.82, 2.24) is 4.90 Å². The van der Waals surface area contributed by atoms with Crippen LogP contribution in [-0.4, -0.2) is 36.5 Å². The number of hydrogen-bond donors (Lipinski definition) is 0. The van der Waals surface area contributed by atoms with Crippen molar-refractivity contribution in [1.29, 1.82) is 0 Å². The smallest absolute Gasteiger partial charge is 0.411 e. The van der Waals surface area contributed by atoms with Crippen LogP contribution in [0.15, 0.2) is 4.99 Å². The molecule has 4 heteroatoms. The first-order valence-corrected chi connectivity index (χ1v) is 4.33. The third-order valence-electron chi connectivity index (χ3n) is 2.23. The summed E-state index contributed by atoms with van der Waals surface area (Å²) in [4.78, 5) is 17.1. The molecule has 1 amide bonds. The fraction of sp³-hybridized carbons (Fsp3) is 0.750. The van der Waals surface area contributed by atoms with Gasteiger partial charge in [0.05, 0.1) is 6.54 Å². The van der Waals surface area contributed by atoms with Crippen molar-refractivity contribution in [3.8, 4) is 0 Å². The van der Waals surface area contributed by atoms with Crippen LogP contribution in [0.2, 0.25) is 0 Å². The van der Waals surface area contributed by atoms with Gasteiger partial charge in [-0.25, -0.2) is 4.79 Å². The molecule has 1 atom stereocenters. The number of hydrogen-bond acceptors (Lipinski definition) is 3. The topological polar surface area (TPSA) is 41.9 Å². The summed E-state index contributed by atoms with van der Waals surface area (Å²) in [6.07, 6.45) is 4.88. The average molecular weight is 168 g/mol. The van der Waals surface area contributed by atoms with Gasteiger partial charge in [0.25, 0.3) is 0 Å². The van der Waals surface area contributed by atoms with Crippen molar-refractivity contribution >= 4 is 12.3 Å². The monoisotopic (exact) mass is 168 g/mol. The highest BCUT2D eigenvalue weighted by Gasteiger charge is 2.29. The zero-order valence-corrected chi connectivity index (χ0v) is 6.90. The Kier molecular flexibility index (Phi) is 1.98. The normalized spacial score (nSPS) is 29.2. The number of ether oxygens (including phenoxy) is 1. The molecule has 2 rings (SSSR count). The minimum Gasteiger partial charge on any atom is -0.447 e. The maximum absolute atomic E-state index is 11.1. The van der Waals surface area contributed by atoms with Crippen LogP contribution in [0.1, 0.15) is 19.3 Å². The first-order chi connectivity index (χ1) is 5.88. The van der Waals surface area contributed by atoms with Crippen molar-refractivity contribution in [2.75, 3.05) is 13.2 Å². The van der Waals surface area contributed by atoms with Gasteiger partial charge in [0.15, 0.2) is 0 Å². The maximum atomic E-state index is 11.1. The molecule has 2 heterocycles. The SMILES string of the molecule is O=C1OCCN1C1CCCC=N1. The van der Waals surface area contributed by atoms with Gasteiger partial charge < -0.3 is 4.74 Å². The van der Waals surface area contributed by atoms with E-state index < -0.39 is 0 Å². The highest BCUT2D eigenvalue weighted by atomic mass is 16.6. The molecule has 0 aliphatic carbocycles. The van der Waals surface area contributed by atoms with E-state index in [-0.39, 0.29) is 12.3 Å². The molecule has 1 unspecified atom stereocenters. The summed E-state index contributed by atoms with van der Waals surface area (Å²) in [6.45, 7) is 1.21. The number of aliphatic imine (C=N–C) groups is 1. The number of nitrogens with zero attached hydrogens (tertiary/aromatic N) is 2. The predicted octanol–water partition coefficient (Wildman–Crippen LogP) is 1.02. The van der Waals surface area contributed by atoms with Gasteiger partial charge >= 0.3 is 6.09 Å². The zero-order chi connectivity index (χ0) is 8.39. The lowest BCUT2D eigenvalue weighted by molar-refractivity contribution is 0.146. The Balaban J connectivity index is 2.02. The van der Waals surface area contributed by atoms with Crippen molar-refractivity contribution in [2.45, 2.75) is 25.4 Å². The van der Waals surface area contributed by atoms with E-state index in [2.05, 4.69) is 4.99 Å². The van der Waals surface area contributed by atoms with Crippen LogP contribution in [0.25, 0.3) is 0 Å². The summed E-state index contributed by atoms with van der Waals surface area (Å²) >= 11 is 0. The molecule has 0 aromatic heterocycles. The first-order valence-electron chi connectivity index (χ1n) is 4.33. The van der Waals surface area contributed by atoms with Crippen LogP contribution < -0.4 is 0 Å². The van der Waals surface area contributed by atoms with Crippen LogP contribution in [0.5, 0.6) is 0 Å². The lowest BCUT2D eigenvalue weighted by Crippen LogP contribution is -2.35. The maximum Gasteiger partial charge on any atom is 0.411 e. The van der Waals surface area contributed by atoms with E-state index in [1.807, 2.05) is 6.21 Å². The van der Waals surface area contributed by atoms with E-state index >= 15 is 0 Å². The van der Waals surface area contributed by atoms with E-state index in [1.54, 1.807) is 4.90 Å². The molecular formula is C8H12N2O2. The van der Waals surface area contributed by atoms with E-state index in [0.29, 0.717) is 13.2 Å². The molecule has 0 bridgehead atoms. The molecule has 1 fully saturated rings. The minimum atomic E-state index is -0.209. The third kappa shape index (κ3) is 1.29. The molecule has 12 heavy (non-hydrogen) atoms. The van der Waals surface area contributed by atoms with Gasteiger partial charge in [-0.15, -0.1) is 0 Å². The second-order valence-electron chi connectivity index (χ2n) is 3.05. The second kappa shape index (κ2) is 3.13. The predicted molar refractivity (Wildman–Crippen MR) is 44.2 cm³/mol. The average Bonchev–Trinajstić information content (AvgIpc) is 2.53. The number of amides is 1. The fourth-order valence-corrected chi connectivity index (χ4v) is 1.57. The van der Waals surface area contributed by atoms with Gasteiger partial charge in [-0.05, 0) is 19.3 Å². The highest BCUT2D eigenvalue weighted by molar-refractivity contribution is 5.70. The standard InChI is InChI=1S/C8H12N2O2/c11-8-10(5-6-12-8)7-3-1-2-4-9-7/h4,7H,1-3,5-6H2. The molecule has 1 saturated heterocycles. The van der Waals surface area contributed by atoms with Crippen LogP contribution >= 0.6 is 0 Å². The first kappa shape index (κ1) is 7.58. The van der Waals surface area contributed by atoms with Crippen molar-refractivity contribution in [3.63, 3.8) is 0 Å². The largest absolute Gasteiger partial charge is 0.447 e. The summed E-state index contributed by atoms with van der Waals surface area (Å²) in [7, 11) is 0. The van der Waals surface area contributed by atoms with Gasteiger partial charge in [-0.2, -0.15) is 0 Å². The molecule has 0 saturated carbocycles. The van der Waals surface area contributed by atoms with Crippen LogP contribution in [0.4, 0.5) is 4.79 Å². The van der Waals surface area contributed by atoms with E-state index in [4.69, 9.17) is 4.74 Å². The van der Waals surface area contributed by atoms with Crippen LogP contribution in [-0.2, 0) is 4.74 Å². The van der Waals surface area contributed by atoms with Crippen molar-refractivity contribution in [2.24, 2.45) is 4.99 Å². The van der Waals surface area contributed by atoms with Crippen LogP contribution in [0, 0.1) is 0 Å². The number of carbonyl (C=O) groups excluding carboxylic acids is 1. The number of rotatable bonds is 1. The van der Waals surface area contributed by atoms with E-state index in [9.17, 15) is 4.79 Å². The van der Waals surface area contributed by atoms with E-state index in [0.717, 1.165) is 19.3 Å². The summed E-state index contributed by atoms with van der Waals surface area (Å²) in [5, 5.41) is 0. The fourth-order valence-electron chi connectivity index (χ4n) is 1.57. The lowest BCUT2D eigenvalue weighted by atomic mass is 10.1. The van der Waals surface area contributed by atoms with Crippen molar-refractivity contribution < 1.29 is 9.53 Å². The number of carbonyl (C=O) groups is 1. The summed E-state index contributed by atoms with van der Waals surface area (Å²) in [5.74, 6) is 0. The number of cyclic esters (lactones) is 1. The molecule has 0 aromatic carbocycles. The zero-order valence-electron chi connectivity index (χ0n) is 6.90. The highest BCUT2D eigenvalue weighted by Crippen LogP contribution is 2.17. The molecular weight excluding hydrogens is 156 g/mol. The molecule has 0 aromatic rings. The molecule has 2 aliphatic rings. The molecule has 0 radical (unpaired) electrons. The second-order valence-corrected chi connectivity index (χ2v) is 3.05. The third-order valence-corrected chi connectivity index (χ3v) is 2.23. The Morgan fingerprint density at radius 1 is 1.67 bits per heavy atom.